The van der Waals surface area contributed by atoms with E-state index in [4.69, 9.17) is 5.11 Å². The maximum atomic E-state index is 12.4. The van der Waals surface area contributed by atoms with Gasteiger partial charge in [0.05, 0.1) is 16.6 Å². The van der Waals surface area contributed by atoms with Gasteiger partial charge in [-0.2, -0.15) is 0 Å². The summed E-state index contributed by atoms with van der Waals surface area (Å²) in [6.45, 7) is 1.71. The van der Waals surface area contributed by atoms with Gasteiger partial charge >= 0.3 is 5.97 Å². The largest absolute Gasteiger partial charge is 0.478 e. The SMILES string of the molecule is CC(O)CCN(C)S(=O)(=O)c1cc(C(=O)O)ccc1Br. The van der Waals surface area contributed by atoms with Crippen molar-refractivity contribution in [3.8, 4) is 0 Å². The molecule has 1 aromatic carbocycles. The molecule has 1 unspecified atom stereocenters. The summed E-state index contributed by atoms with van der Waals surface area (Å²) in [4.78, 5) is 10.8. The summed E-state index contributed by atoms with van der Waals surface area (Å²) in [7, 11) is -2.42. The highest BCUT2D eigenvalue weighted by molar-refractivity contribution is 9.10. The van der Waals surface area contributed by atoms with Gasteiger partial charge in [0, 0.05) is 18.1 Å². The second-order valence-corrected chi connectivity index (χ2v) is 7.28. The van der Waals surface area contributed by atoms with E-state index in [0.717, 1.165) is 10.4 Å². The van der Waals surface area contributed by atoms with Crippen molar-refractivity contribution in [1.29, 1.82) is 0 Å². The predicted octanol–water partition coefficient (Wildman–Crippen LogP) is 1.54. The average Bonchev–Trinajstić information content (AvgIpc) is 2.35. The molecule has 0 amide bonds. The van der Waals surface area contributed by atoms with Gasteiger partial charge in [-0.1, -0.05) is 0 Å². The summed E-state index contributed by atoms with van der Waals surface area (Å²) in [5, 5.41) is 18.1. The van der Waals surface area contributed by atoms with Crippen LogP contribution in [-0.2, 0) is 10.0 Å². The summed E-state index contributed by atoms with van der Waals surface area (Å²) in [5.41, 5.74) is -0.101. The van der Waals surface area contributed by atoms with Crippen LogP contribution in [0.5, 0.6) is 0 Å². The number of halogens is 1. The van der Waals surface area contributed by atoms with E-state index in [1.165, 1.54) is 19.2 Å². The van der Waals surface area contributed by atoms with Crippen LogP contribution >= 0.6 is 15.9 Å². The fourth-order valence-electron chi connectivity index (χ4n) is 1.49. The third-order valence-corrected chi connectivity index (χ3v) is 5.58. The van der Waals surface area contributed by atoms with E-state index in [0.29, 0.717) is 10.9 Å². The van der Waals surface area contributed by atoms with E-state index in [-0.39, 0.29) is 17.0 Å². The minimum atomic E-state index is -3.81. The molecule has 0 aliphatic carbocycles. The topological polar surface area (TPSA) is 94.9 Å². The van der Waals surface area contributed by atoms with Crippen molar-refractivity contribution in [3.63, 3.8) is 0 Å². The Balaban J connectivity index is 3.14. The summed E-state index contributed by atoms with van der Waals surface area (Å²) in [6, 6.07) is 3.82. The van der Waals surface area contributed by atoms with Crippen molar-refractivity contribution in [1.82, 2.24) is 4.31 Å². The molecule has 0 aromatic heterocycles. The van der Waals surface area contributed by atoms with E-state index in [9.17, 15) is 18.3 Å². The van der Waals surface area contributed by atoms with Crippen molar-refractivity contribution < 1.29 is 23.4 Å². The van der Waals surface area contributed by atoms with Crippen LogP contribution in [0.25, 0.3) is 0 Å². The molecule has 2 N–H and O–H groups in total. The van der Waals surface area contributed by atoms with Crippen LogP contribution in [0.3, 0.4) is 0 Å². The molecule has 0 bridgehead atoms. The smallest absolute Gasteiger partial charge is 0.335 e. The molecule has 20 heavy (non-hydrogen) atoms. The van der Waals surface area contributed by atoms with Gasteiger partial charge in [-0.05, 0) is 47.5 Å². The highest BCUT2D eigenvalue weighted by atomic mass is 79.9. The Morgan fingerprint density at radius 3 is 2.55 bits per heavy atom. The molecular formula is C12H16BrNO5S. The van der Waals surface area contributed by atoms with Gasteiger partial charge in [-0.25, -0.2) is 17.5 Å². The molecule has 1 rings (SSSR count). The number of nitrogens with zero attached hydrogens (tertiary/aromatic N) is 1. The van der Waals surface area contributed by atoms with Gasteiger partial charge < -0.3 is 10.2 Å². The maximum absolute atomic E-state index is 12.4. The first-order valence-electron chi connectivity index (χ1n) is 5.83. The molecule has 0 saturated carbocycles. The standard InChI is InChI=1S/C12H16BrNO5S/c1-8(15)5-6-14(2)20(18,19)11-7-9(12(16)17)3-4-10(11)13/h3-4,7-8,15H,5-6H2,1-2H3,(H,16,17). The van der Waals surface area contributed by atoms with Crippen LogP contribution in [0.15, 0.2) is 27.6 Å². The predicted molar refractivity (Wildman–Crippen MR) is 77.2 cm³/mol. The third kappa shape index (κ3) is 4.02. The van der Waals surface area contributed by atoms with Gasteiger partial charge in [0.15, 0.2) is 0 Å². The quantitative estimate of drug-likeness (QED) is 0.796. The number of sulfonamides is 1. The molecule has 0 saturated heterocycles. The molecule has 0 heterocycles. The summed E-state index contributed by atoms with van der Waals surface area (Å²) >= 11 is 3.12. The molecule has 0 aliphatic heterocycles. The monoisotopic (exact) mass is 365 g/mol. The van der Waals surface area contributed by atoms with Crippen LogP contribution in [0.4, 0.5) is 0 Å². The van der Waals surface area contributed by atoms with Gasteiger partial charge in [-0.3, -0.25) is 0 Å². The van der Waals surface area contributed by atoms with Gasteiger partial charge in [0.1, 0.15) is 0 Å². The number of hydrogen-bond acceptors (Lipinski definition) is 4. The number of aliphatic hydroxyl groups is 1. The number of aromatic carboxylic acids is 1. The van der Waals surface area contributed by atoms with Gasteiger partial charge in [-0.15, -0.1) is 0 Å². The molecule has 112 valence electrons. The summed E-state index contributed by atoms with van der Waals surface area (Å²) < 4.78 is 26.1. The Morgan fingerprint density at radius 2 is 2.05 bits per heavy atom. The maximum Gasteiger partial charge on any atom is 0.335 e. The number of carboxylic acid groups (broad SMARTS) is 1. The zero-order chi connectivity index (χ0) is 15.5. The van der Waals surface area contributed by atoms with Crippen LogP contribution in [0.2, 0.25) is 0 Å². The van der Waals surface area contributed by atoms with Gasteiger partial charge in [0.25, 0.3) is 0 Å². The molecule has 0 fully saturated rings. The highest BCUT2D eigenvalue weighted by Crippen LogP contribution is 2.26. The highest BCUT2D eigenvalue weighted by Gasteiger charge is 2.24. The number of rotatable bonds is 6. The number of carbonyl (C=O) groups is 1. The Kier molecular flexibility index (Phi) is 5.69. The number of aliphatic hydroxyl groups excluding tert-OH is 1. The molecule has 1 aromatic rings. The third-order valence-electron chi connectivity index (χ3n) is 2.73. The van der Waals surface area contributed by atoms with Crippen molar-refractivity contribution in [2.24, 2.45) is 0 Å². The minimum absolute atomic E-state index is 0.101. The number of hydrogen-bond donors (Lipinski definition) is 2. The molecule has 0 spiro atoms. The van der Waals surface area contributed by atoms with Crippen molar-refractivity contribution in [3.05, 3.63) is 28.2 Å². The zero-order valence-corrected chi connectivity index (χ0v) is 13.5. The van der Waals surface area contributed by atoms with Gasteiger partial charge in [0.2, 0.25) is 10.0 Å². The first-order chi connectivity index (χ1) is 9.16. The second kappa shape index (κ2) is 6.66. The first-order valence-corrected chi connectivity index (χ1v) is 8.07. The molecule has 0 aliphatic rings. The fourth-order valence-corrected chi connectivity index (χ4v) is 3.62. The molecule has 1 atom stereocenters. The lowest BCUT2D eigenvalue weighted by Gasteiger charge is -2.19. The Hall–Kier alpha value is -0.960. The minimum Gasteiger partial charge on any atom is -0.478 e. The lowest BCUT2D eigenvalue weighted by atomic mass is 10.2. The van der Waals surface area contributed by atoms with E-state index < -0.39 is 22.1 Å². The van der Waals surface area contributed by atoms with Crippen molar-refractivity contribution >= 4 is 31.9 Å². The molecular weight excluding hydrogens is 350 g/mol. The second-order valence-electron chi connectivity index (χ2n) is 4.41. The molecule has 8 heteroatoms. The van der Waals surface area contributed by atoms with Crippen molar-refractivity contribution in [2.45, 2.75) is 24.3 Å². The van der Waals surface area contributed by atoms with Crippen LogP contribution < -0.4 is 0 Å². The fraction of sp³-hybridized carbons (Fsp3) is 0.417. The molecule has 6 nitrogen and oxygen atoms in total. The number of carboxylic acids is 1. The summed E-state index contributed by atoms with van der Waals surface area (Å²) in [6.07, 6.45) is -0.312. The lowest BCUT2D eigenvalue weighted by Crippen LogP contribution is -2.30. The van der Waals surface area contributed by atoms with E-state index in [1.807, 2.05) is 0 Å². The van der Waals surface area contributed by atoms with Crippen LogP contribution in [0.1, 0.15) is 23.7 Å². The Bertz CT molecular complexity index is 600. The van der Waals surface area contributed by atoms with E-state index in [2.05, 4.69) is 15.9 Å². The normalized spacial score (nSPS) is 13.4. The first kappa shape index (κ1) is 17.1. The zero-order valence-electron chi connectivity index (χ0n) is 11.1. The Labute approximate surface area is 126 Å². The molecule has 0 radical (unpaired) electrons. The van der Waals surface area contributed by atoms with Crippen LogP contribution in [0, 0.1) is 0 Å². The van der Waals surface area contributed by atoms with Crippen molar-refractivity contribution in [2.75, 3.05) is 13.6 Å². The van der Waals surface area contributed by atoms with E-state index in [1.54, 1.807) is 6.92 Å². The van der Waals surface area contributed by atoms with E-state index >= 15 is 0 Å². The van der Waals surface area contributed by atoms with Crippen LogP contribution in [-0.4, -0.2) is 48.6 Å². The Morgan fingerprint density at radius 1 is 1.45 bits per heavy atom. The average molecular weight is 366 g/mol. The summed E-state index contributed by atoms with van der Waals surface area (Å²) in [5.74, 6) is -1.19. The lowest BCUT2D eigenvalue weighted by molar-refractivity contribution is 0.0696. The number of benzene rings is 1.